The van der Waals surface area contributed by atoms with Gasteiger partial charge in [-0.2, -0.15) is 11.8 Å². The Kier molecular flexibility index (Phi) is 15.8. The molecular formula is C25H40N8O6S. The number of thioether (sulfide) groups is 1. The Labute approximate surface area is 237 Å². The molecular weight excluding hydrogens is 540 g/mol. The predicted octanol–water partition coefficient (Wildman–Crippen LogP) is -1.83. The number of hydrogen-bond donors (Lipinski definition) is 8. The maximum absolute atomic E-state index is 13.3. The third kappa shape index (κ3) is 13.8. The van der Waals surface area contributed by atoms with Crippen LogP contribution in [0.15, 0.2) is 35.3 Å². The Balaban J connectivity index is 3.03. The van der Waals surface area contributed by atoms with Gasteiger partial charge in [-0.05, 0) is 43.3 Å². The van der Waals surface area contributed by atoms with E-state index in [0.717, 1.165) is 0 Å². The molecule has 0 heterocycles. The van der Waals surface area contributed by atoms with Crippen molar-refractivity contribution in [2.75, 3.05) is 18.6 Å². The number of primary amides is 1. The lowest BCUT2D eigenvalue weighted by Crippen LogP contribution is -2.57. The monoisotopic (exact) mass is 580 g/mol. The number of aliphatic imine (C=N–C) groups is 1. The maximum Gasteiger partial charge on any atom is 0.326 e. The van der Waals surface area contributed by atoms with E-state index in [9.17, 15) is 29.1 Å². The van der Waals surface area contributed by atoms with Crippen LogP contribution in [0.4, 0.5) is 0 Å². The average Bonchev–Trinajstić information content (AvgIpc) is 2.90. The molecule has 14 nitrogen and oxygen atoms in total. The first-order chi connectivity index (χ1) is 18.9. The zero-order chi connectivity index (χ0) is 30.1. The van der Waals surface area contributed by atoms with Crippen molar-refractivity contribution in [3.05, 3.63) is 35.9 Å². The number of aliphatic carboxylic acids is 1. The Morgan fingerprint density at radius 1 is 0.875 bits per heavy atom. The number of carboxylic acid groups (broad SMARTS) is 1. The number of nitrogens with one attached hydrogen (secondary N) is 3. The lowest BCUT2D eigenvalue weighted by atomic mass is 10.0. The molecule has 12 N–H and O–H groups in total. The third-order valence-corrected chi connectivity index (χ3v) is 6.40. The topological polar surface area (TPSA) is 258 Å². The van der Waals surface area contributed by atoms with E-state index in [2.05, 4.69) is 20.9 Å². The van der Waals surface area contributed by atoms with E-state index < -0.39 is 53.8 Å². The molecule has 0 aromatic heterocycles. The smallest absolute Gasteiger partial charge is 0.326 e. The van der Waals surface area contributed by atoms with Gasteiger partial charge in [0.15, 0.2) is 5.96 Å². The normalized spacial score (nSPS) is 13.7. The van der Waals surface area contributed by atoms with Crippen LogP contribution >= 0.6 is 11.8 Å². The zero-order valence-electron chi connectivity index (χ0n) is 22.5. The molecule has 4 atom stereocenters. The summed E-state index contributed by atoms with van der Waals surface area (Å²) in [7, 11) is 0. The second kappa shape index (κ2) is 18.4. The Morgan fingerprint density at radius 2 is 1.48 bits per heavy atom. The van der Waals surface area contributed by atoms with Gasteiger partial charge in [0.25, 0.3) is 0 Å². The molecule has 15 heteroatoms. The van der Waals surface area contributed by atoms with Gasteiger partial charge in [-0.1, -0.05) is 30.3 Å². The Hall–Kier alpha value is -3.85. The van der Waals surface area contributed by atoms with Gasteiger partial charge < -0.3 is 44.0 Å². The van der Waals surface area contributed by atoms with Crippen molar-refractivity contribution in [1.29, 1.82) is 0 Å². The van der Waals surface area contributed by atoms with E-state index in [4.69, 9.17) is 22.9 Å². The van der Waals surface area contributed by atoms with Crippen molar-refractivity contribution in [3.63, 3.8) is 0 Å². The fraction of sp³-hybridized carbons (Fsp3) is 0.520. The molecule has 0 aliphatic carbocycles. The minimum atomic E-state index is -1.39. The largest absolute Gasteiger partial charge is 0.480 e. The van der Waals surface area contributed by atoms with Crippen molar-refractivity contribution in [1.82, 2.24) is 16.0 Å². The van der Waals surface area contributed by atoms with E-state index in [1.807, 2.05) is 6.26 Å². The van der Waals surface area contributed by atoms with Gasteiger partial charge in [0, 0.05) is 19.4 Å². The second-order valence-corrected chi connectivity index (χ2v) is 10.0. The molecule has 4 amide bonds. The zero-order valence-corrected chi connectivity index (χ0v) is 23.3. The van der Waals surface area contributed by atoms with Crippen LogP contribution in [-0.4, -0.2) is 83.4 Å². The molecule has 0 saturated heterocycles. The molecule has 0 aliphatic rings. The van der Waals surface area contributed by atoms with E-state index in [0.29, 0.717) is 24.3 Å². The summed E-state index contributed by atoms with van der Waals surface area (Å²) in [6.45, 7) is 0.298. The van der Waals surface area contributed by atoms with E-state index in [-0.39, 0.29) is 38.1 Å². The first-order valence-electron chi connectivity index (χ1n) is 12.7. The number of carbonyl (C=O) groups is 5. The summed E-state index contributed by atoms with van der Waals surface area (Å²) in [6, 6.07) is 4.33. The van der Waals surface area contributed by atoms with E-state index in [1.165, 1.54) is 11.8 Å². The van der Waals surface area contributed by atoms with Crippen LogP contribution in [0.2, 0.25) is 0 Å². The van der Waals surface area contributed by atoms with Gasteiger partial charge >= 0.3 is 5.97 Å². The van der Waals surface area contributed by atoms with Crippen molar-refractivity contribution < 1.29 is 29.1 Å². The average molecular weight is 581 g/mol. The van der Waals surface area contributed by atoms with Crippen LogP contribution in [-0.2, 0) is 30.4 Å². The summed E-state index contributed by atoms with van der Waals surface area (Å²) in [5, 5.41) is 17.2. The minimum Gasteiger partial charge on any atom is -0.480 e. The minimum absolute atomic E-state index is 0.0497. The molecule has 4 unspecified atom stereocenters. The summed E-state index contributed by atoms with van der Waals surface area (Å²) >= 11 is 1.47. The molecule has 0 aliphatic heterocycles. The van der Waals surface area contributed by atoms with Crippen LogP contribution in [0.3, 0.4) is 0 Å². The van der Waals surface area contributed by atoms with Gasteiger partial charge in [-0.3, -0.25) is 24.2 Å². The van der Waals surface area contributed by atoms with Crippen LogP contribution in [0.5, 0.6) is 0 Å². The third-order valence-electron chi connectivity index (χ3n) is 5.76. The number of carboxylic acids is 1. The lowest BCUT2D eigenvalue weighted by Gasteiger charge is -2.25. The van der Waals surface area contributed by atoms with Gasteiger partial charge in [-0.15, -0.1) is 0 Å². The number of nitrogens with two attached hydrogens (primary N) is 4. The van der Waals surface area contributed by atoms with Gasteiger partial charge in [0.1, 0.15) is 18.1 Å². The number of guanidine groups is 1. The summed E-state index contributed by atoms with van der Waals surface area (Å²) in [5.41, 5.74) is 22.4. The fourth-order valence-electron chi connectivity index (χ4n) is 3.58. The van der Waals surface area contributed by atoms with Crippen molar-refractivity contribution in [3.8, 4) is 0 Å². The van der Waals surface area contributed by atoms with Gasteiger partial charge in [0.2, 0.25) is 23.6 Å². The number of hydrogen-bond acceptors (Lipinski definition) is 8. The number of rotatable bonds is 19. The summed E-state index contributed by atoms with van der Waals surface area (Å²) in [6.07, 6.45) is 2.42. The number of amides is 4. The van der Waals surface area contributed by atoms with Crippen molar-refractivity contribution in [2.24, 2.45) is 27.9 Å². The molecule has 0 spiro atoms. The Bertz CT molecular complexity index is 1020. The van der Waals surface area contributed by atoms with Crippen LogP contribution in [0, 0.1) is 0 Å². The highest BCUT2D eigenvalue weighted by Gasteiger charge is 2.30. The van der Waals surface area contributed by atoms with Crippen LogP contribution < -0.4 is 38.9 Å². The molecule has 1 aromatic rings. The number of nitrogens with zero attached hydrogens (tertiary/aromatic N) is 1. The first kappa shape index (κ1) is 34.2. The summed E-state index contributed by atoms with van der Waals surface area (Å²) < 4.78 is 0. The molecule has 0 fully saturated rings. The SMILES string of the molecule is CSCCC(NC(=O)C(N)CCCN=C(N)N)C(=O)NC(Cc1ccccc1)C(=O)NC(CCC(N)=O)C(=O)O. The number of benzene rings is 1. The quantitative estimate of drug-likeness (QED) is 0.0515. The predicted molar refractivity (Wildman–Crippen MR) is 153 cm³/mol. The molecule has 1 aromatic carbocycles. The molecule has 222 valence electrons. The van der Waals surface area contributed by atoms with E-state index in [1.54, 1.807) is 30.3 Å². The van der Waals surface area contributed by atoms with E-state index >= 15 is 0 Å². The highest BCUT2D eigenvalue weighted by atomic mass is 32.2. The molecule has 0 saturated carbocycles. The maximum atomic E-state index is 13.3. The molecule has 0 bridgehead atoms. The molecule has 40 heavy (non-hydrogen) atoms. The standard InChI is InChI=1S/C25H40N8O6S/c1-40-13-11-17(31-21(35)16(26)8-5-12-30-25(28)29)22(36)33-19(14-15-6-3-2-4-7-15)23(37)32-18(24(38)39)9-10-20(27)34/h2-4,6-7,16-19H,5,8-14,26H2,1H3,(H2,27,34)(H,31,35)(H,32,37)(H,33,36)(H,38,39)(H4,28,29,30). The fourth-order valence-corrected chi connectivity index (χ4v) is 4.05. The Morgan fingerprint density at radius 3 is 2.05 bits per heavy atom. The first-order valence-corrected chi connectivity index (χ1v) is 14.1. The highest BCUT2D eigenvalue weighted by molar-refractivity contribution is 7.98. The summed E-state index contributed by atoms with van der Waals surface area (Å²) in [5.74, 6) is -3.54. The van der Waals surface area contributed by atoms with Crippen LogP contribution in [0.1, 0.15) is 37.7 Å². The van der Waals surface area contributed by atoms with Gasteiger partial charge in [0.05, 0.1) is 6.04 Å². The highest BCUT2D eigenvalue weighted by Crippen LogP contribution is 2.08. The van der Waals surface area contributed by atoms with Crippen LogP contribution in [0.25, 0.3) is 0 Å². The number of carbonyl (C=O) groups excluding carboxylic acids is 4. The lowest BCUT2D eigenvalue weighted by molar-refractivity contribution is -0.142. The second-order valence-electron chi connectivity index (χ2n) is 9.05. The van der Waals surface area contributed by atoms with Crippen molar-refractivity contribution >= 4 is 47.3 Å². The van der Waals surface area contributed by atoms with Crippen molar-refractivity contribution in [2.45, 2.75) is 62.7 Å². The summed E-state index contributed by atoms with van der Waals surface area (Å²) in [4.78, 5) is 65.8. The molecule has 1 rings (SSSR count). The van der Waals surface area contributed by atoms with Gasteiger partial charge in [-0.25, -0.2) is 4.79 Å². The molecule has 0 radical (unpaired) electrons.